The zero-order valence-corrected chi connectivity index (χ0v) is 11.4. The molecule has 0 spiro atoms. The molecule has 98 valence electrons. The number of nitrogens with one attached hydrogen (secondary N) is 2. The summed E-state index contributed by atoms with van der Waals surface area (Å²) in [6.45, 7) is 3.92. The maximum atomic E-state index is 11.7. The summed E-state index contributed by atoms with van der Waals surface area (Å²) in [6.07, 6.45) is 5.57. The minimum Gasteiger partial charge on any atom is -0.363 e. The molecule has 0 aromatic carbocycles. The van der Waals surface area contributed by atoms with E-state index in [9.17, 15) is 4.79 Å². The molecule has 1 heterocycles. The van der Waals surface area contributed by atoms with Crippen LogP contribution < -0.4 is 10.6 Å². The number of hydrogen-bond donors (Lipinski definition) is 2. The van der Waals surface area contributed by atoms with Crippen LogP contribution in [0.4, 0.5) is 0 Å². The van der Waals surface area contributed by atoms with Crippen molar-refractivity contribution >= 4 is 17.7 Å². The number of hydrogen-bond acceptors (Lipinski definition) is 4. The van der Waals surface area contributed by atoms with Crippen LogP contribution >= 0.6 is 11.8 Å². The van der Waals surface area contributed by atoms with Gasteiger partial charge in [-0.3, -0.25) is 4.79 Å². The van der Waals surface area contributed by atoms with E-state index in [1.165, 1.54) is 6.42 Å². The molecule has 0 aromatic heterocycles. The molecule has 1 saturated heterocycles. The average molecular weight is 258 g/mol. The van der Waals surface area contributed by atoms with E-state index >= 15 is 0 Å². The van der Waals surface area contributed by atoms with Crippen molar-refractivity contribution in [1.29, 1.82) is 0 Å². The normalized spacial score (nSPS) is 30.9. The number of carbonyl (C=O) groups excluding carboxylic acids is 1. The van der Waals surface area contributed by atoms with Crippen LogP contribution in [0.2, 0.25) is 0 Å². The van der Waals surface area contributed by atoms with Crippen molar-refractivity contribution < 1.29 is 9.53 Å². The van der Waals surface area contributed by atoms with Gasteiger partial charge in [0, 0.05) is 24.4 Å². The summed E-state index contributed by atoms with van der Waals surface area (Å²) in [7, 11) is 0. The Morgan fingerprint density at radius 1 is 1.53 bits per heavy atom. The van der Waals surface area contributed by atoms with Gasteiger partial charge in [0.05, 0.1) is 5.60 Å². The van der Waals surface area contributed by atoms with Crippen LogP contribution in [0.1, 0.15) is 26.2 Å². The highest BCUT2D eigenvalue weighted by molar-refractivity contribution is 7.99. The molecular weight excluding hydrogens is 236 g/mol. The maximum Gasteiger partial charge on any atom is 0.246 e. The standard InChI is InChI=1S/C12H22N2O2S/c1-12(7-13-8-12)16-6-11(15)14-9-3-4-10(5-9)17-2/h9-10,13H,3-8H2,1-2H3,(H,14,15). The number of amides is 1. The molecule has 2 N–H and O–H groups in total. The van der Waals surface area contributed by atoms with Gasteiger partial charge in [0.1, 0.15) is 6.61 Å². The number of carbonyl (C=O) groups is 1. The average Bonchev–Trinajstić information content (AvgIpc) is 2.71. The minimum atomic E-state index is -0.130. The van der Waals surface area contributed by atoms with Gasteiger partial charge < -0.3 is 15.4 Å². The van der Waals surface area contributed by atoms with E-state index in [2.05, 4.69) is 16.9 Å². The molecule has 1 amide bonds. The van der Waals surface area contributed by atoms with E-state index in [0.717, 1.165) is 31.2 Å². The van der Waals surface area contributed by atoms with Crippen LogP contribution in [0, 0.1) is 0 Å². The molecule has 0 bridgehead atoms. The highest BCUT2D eigenvalue weighted by Gasteiger charge is 2.33. The Hall–Kier alpha value is -0.260. The minimum absolute atomic E-state index is 0.0323. The van der Waals surface area contributed by atoms with Gasteiger partial charge in [0.2, 0.25) is 5.91 Å². The Balaban J connectivity index is 1.64. The fourth-order valence-electron chi connectivity index (χ4n) is 2.37. The van der Waals surface area contributed by atoms with Gasteiger partial charge in [-0.05, 0) is 32.4 Å². The lowest BCUT2D eigenvalue weighted by Crippen LogP contribution is -2.59. The first kappa shape index (κ1) is 13.2. The molecule has 2 fully saturated rings. The van der Waals surface area contributed by atoms with Gasteiger partial charge in [-0.25, -0.2) is 0 Å². The van der Waals surface area contributed by atoms with Gasteiger partial charge in [0.25, 0.3) is 0 Å². The Bertz CT molecular complexity index is 282. The van der Waals surface area contributed by atoms with Gasteiger partial charge in [-0.2, -0.15) is 11.8 Å². The lowest BCUT2D eigenvalue weighted by atomic mass is 10.0. The molecule has 2 rings (SSSR count). The lowest BCUT2D eigenvalue weighted by molar-refractivity contribution is -0.136. The smallest absolute Gasteiger partial charge is 0.246 e. The molecule has 1 aliphatic carbocycles. The monoisotopic (exact) mass is 258 g/mol. The molecule has 1 saturated carbocycles. The molecule has 5 heteroatoms. The van der Waals surface area contributed by atoms with E-state index < -0.39 is 0 Å². The molecular formula is C12H22N2O2S. The van der Waals surface area contributed by atoms with Crippen molar-refractivity contribution in [3.63, 3.8) is 0 Å². The van der Waals surface area contributed by atoms with Crippen molar-refractivity contribution in [3.05, 3.63) is 0 Å². The van der Waals surface area contributed by atoms with Crippen molar-refractivity contribution in [2.75, 3.05) is 26.0 Å². The van der Waals surface area contributed by atoms with Crippen molar-refractivity contribution in [1.82, 2.24) is 10.6 Å². The summed E-state index contributed by atoms with van der Waals surface area (Å²) < 4.78 is 5.61. The molecule has 17 heavy (non-hydrogen) atoms. The molecule has 4 nitrogen and oxygen atoms in total. The topological polar surface area (TPSA) is 50.4 Å². The van der Waals surface area contributed by atoms with Gasteiger partial charge in [0.15, 0.2) is 0 Å². The Labute approximate surface area is 107 Å². The highest BCUT2D eigenvalue weighted by Crippen LogP contribution is 2.28. The number of rotatable bonds is 5. The zero-order chi connectivity index (χ0) is 12.3. The molecule has 2 unspecified atom stereocenters. The van der Waals surface area contributed by atoms with Crippen molar-refractivity contribution in [3.8, 4) is 0 Å². The van der Waals surface area contributed by atoms with Crippen LogP contribution in [-0.4, -0.2) is 48.8 Å². The third kappa shape index (κ3) is 3.60. The summed E-state index contributed by atoms with van der Waals surface area (Å²) in [5.74, 6) is 0.0323. The highest BCUT2D eigenvalue weighted by atomic mass is 32.2. The second kappa shape index (κ2) is 5.59. The molecule has 0 radical (unpaired) electrons. The largest absolute Gasteiger partial charge is 0.363 e. The SMILES string of the molecule is CSC1CCC(NC(=O)COC2(C)CNC2)C1. The van der Waals surface area contributed by atoms with Crippen LogP contribution in [0.25, 0.3) is 0 Å². The number of thioether (sulfide) groups is 1. The summed E-state index contributed by atoms with van der Waals surface area (Å²) in [5.41, 5.74) is -0.130. The molecule has 1 aliphatic heterocycles. The van der Waals surface area contributed by atoms with Crippen LogP contribution in [0.3, 0.4) is 0 Å². The predicted molar refractivity (Wildman–Crippen MR) is 70.3 cm³/mol. The predicted octanol–water partition coefficient (Wildman–Crippen LogP) is 0.765. The van der Waals surface area contributed by atoms with E-state index in [4.69, 9.17) is 4.74 Å². The zero-order valence-electron chi connectivity index (χ0n) is 10.6. The van der Waals surface area contributed by atoms with Gasteiger partial charge >= 0.3 is 0 Å². The summed E-state index contributed by atoms with van der Waals surface area (Å²) in [5, 5.41) is 6.94. The Kier molecular flexibility index (Phi) is 4.33. The summed E-state index contributed by atoms with van der Waals surface area (Å²) >= 11 is 1.90. The molecule has 0 aromatic rings. The van der Waals surface area contributed by atoms with Crippen LogP contribution in [0.5, 0.6) is 0 Å². The first-order valence-electron chi connectivity index (χ1n) is 6.28. The molecule has 2 aliphatic rings. The first-order chi connectivity index (χ1) is 8.11. The second-order valence-corrected chi connectivity index (χ2v) is 6.42. The Morgan fingerprint density at radius 2 is 2.29 bits per heavy atom. The molecule has 2 atom stereocenters. The summed E-state index contributed by atoms with van der Waals surface area (Å²) in [6, 6.07) is 0.357. The second-order valence-electron chi connectivity index (χ2n) is 5.28. The lowest BCUT2D eigenvalue weighted by Gasteiger charge is -2.38. The van der Waals surface area contributed by atoms with Crippen LogP contribution in [-0.2, 0) is 9.53 Å². The fourth-order valence-corrected chi connectivity index (χ4v) is 3.17. The van der Waals surface area contributed by atoms with E-state index in [-0.39, 0.29) is 18.1 Å². The van der Waals surface area contributed by atoms with Gasteiger partial charge in [-0.1, -0.05) is 0 Å². The quantitative estimate of drug-likeness (QED) is 0.764. The fraction of sp³-hybridized carbons (Fsp3) is 0.917. The van der Waals surface area contributed by atoms with E-state index in [0.29, 0.717) is 6.04 Å². The first-order valence-corrected chi connectivity index (χ1v) is 7.57. The van der Waals surface area contributed by atoms with E-state index in [1.807, 2.05) is 18.7 Å². The van der Waals surface area contributed by atoms with Crippen molar-refractivity contribution in [2.45, 2.75) is 43.1 Å². The third-order valence-corrected chi connectivity index (χ3v) is 4.73. The maximum absolute atomic E-state index is 11.7. The van der Waals surface area contributed by atoms with Gasteiger partial charge in [-0.15, -0.1) is 0 Å². The third-order valence-electron chi connectivity index (χ3n) is 3.63. The Morgan fingerprint density at radius 3 is 2.82 bits per heavy atom. The summed E-state index contributed by atoms with van der Waals surface area (Å²) in [4.78, 5) is 11.7. The number of ether oxygens (including phenoxy) is 1. The van der Waals surface area contributed by atoms with Crippen molar-refractivity contribution in [2.24, 2.45) is 0 Å². The van der Waals surface area contributed by atoms with Crippen LogP contribution in [0.15, 0.2) is 0 Å². The van der Waals surface area contributed by atoms with E-state index in [1.54, 1.807) is 0 Å².